The normalized spacial score (nSPS) is 15.6. The Hall–Kier alpha value is -2.23. The van der Waals surface area contributed by atoms with Crippen LogP contribution in [-0.4, -0.2) is 22.9 Å². The van der Waals surface area contributed by atoms with Crippen molar-refractivity contribution >= 4 is 5.91 Å². The van der Waals surface area contributed by atoms with E-state index in [1.165, 1.54) is 16.7 Å². The number of likely N-dealkylation sites (N-methyl/N-ethyl adjacent to an activating group) is 1. The van der Waals surface area contributed by atoms with Gasteiger partial charge >= 0.3 is 0 Å². The van der Waals surface area contributed by atoms with Gasteiger partial charge in [-0.3, -0.25) is 4.79 Å². The van der Waals surface area contributed by atoms with Crippen molar-refractivity contribution in [2.45, 2.75) is 32.1 Å². The molecule has 0 aliphatic heterocycles. The Balaban J connectivity index is 1.97. The highest BCUT2D eigenvalue weighted by Crippen LogP contribution is 2.46. The summed E-state index contributed by atoms with van der Waals surface area (Å²) >= 11 is 0. The molecule has 1 amide bonds. The van der Waals surface area contributed by atoms with Gasteiger partial charge in [0.2, 0.25) is 5.91 Å². The van der Waals surface area contributed by atoms with Crippen LogP contribution < -0.4 is 5.32 Å². The predicted octanol–water partition coefficient (Wildman–Crippen LogP) is 2.54. The Kier molecular flexibility index (Phi) is 3.24. The van der Waals surface area contributed by atoms with Gasteiger partial charge in [0, 0.05) is 25.0 Å². The van der Waals surface area contributed by atoms with Gasteiger partial charge in [0.15, 0.2) is 0 Å². The van der Waals surface area contributed by atoms with Crippen LogP contribution in [0, 0.1) is 13.8 Å². The lowest BCUT2D eigenvalue weighted by atomic mass is 9.97. The van der Waals surface area contributed by atoms with Crippen molar-refractivity contribution in [2.75, 3.05) is 7.05 Å². The summed E-state index contributed by atoms with van der Waals surface area (Å²) in [4.78, 5) is 20.9. The van der Waals surface area contributed by atoms with Gasteiger partial charge in [-0.15, -0.1) is 0 Å². The van der Waals surface area contributed by atoms with Crippen molar-refractivity contribution in [3.05, 3.63) is 47.5 Å². The molecule has 1 N–H and O–H groups in total. The number of aryl methyl sites for hydroxylation is 2. The fraction of sp³-hybridized carbons (Fsp3) is 0.353. The van der Waals surface area contributed by atoms with Gasteiger partial charge < -0.3 is 5.32 Å². The smallest absolute Gasteiger partial charge is 0.233 e. The first-order valence-corrected chi connectivity index (χ1v) is 7.20. The van der Waals surface area contributed by atoms with E-state index < -0.39 is 5.41 Å². The second kappa shape index (κ2) is 4.95. The maximum Gasteiger partial charge on any atom is 0.233 e. The summed E-state index contributed by atoms with van der Waals surface area (Å²) in [5, 5.41) is 2.71. The molecule has 0 radical (unpaired) electrons. The molecule has 0 atom stereocenters. The zero-order valence-electron chi connectivity index (χ0n) is 12.6. The monoisotopic (exact) mass is 281 g/mol. The molecule has 1 aliphatic carbocycles. The van der Waals surface area contributed by atoms with Crippen LogP contribution >= 0.6 is 0 Å². The number of hydrogen-bond donors (Lipinski definition) is 1. The first-order valence-electron chi connectivity index (χ1n) is 7.20. The fourth-order valence-electron chi connectivity index (χ4n) is 2.89. The molecule has 1 fully saturated rings. The molecule has 1 aliphatic rings. The Morgan fingerprint density at radius 3 is 2.19 bits per heavy atom. The van der Waals surface area contributed by atoms with E-state index in [1.54, 1.807) is 7.05 Å². The number of amides is 1. The Bertz CT molecular complexity index is 667. The highest BCUT2D eigenvalue weighted by molar-refractivity contribution is 5.90. The van der Waals surface area contributed by atoms with E-state index in [-0.39, 0.29) is 5.91 Å². The van der Waals surface area contributed by atoms with Crippen LogP contribution in [0.1, 0.15) is 29.8 Å². The number of rotatable bonds is 3. The zero-order valence-corrected chi connectivity index (χ0v) is 12.6. The molecule has 0 spiro atoms. The molecule has 4 nitrogen and oxygen atoms in total. The third-order valence-electron chi connectivity index (χ3n) is 4.26. The quantitative estimate of drug-likeness (QED) is 0.940. The van der Waals surface area contributed by atoms with E-state index in [0.717, 1.165) is 18.4 Å². The average molecular weight is 281 g/mol. The number of benzene rings is 1. The van der Waals surface area contributed by atoms with Crippen molar-refractivity contribution in [1.82, 2.24) is 15.3 Å². The second-order valence-electron chi connectivity index (χ2n) is 5.72. The number of aromatic nitrogens is 2. The highest BCUT2D eigenvalue weighted by atomic mass is 16.2. The molecule has 3 rings (SSSR count). The SMILES string of the molecule is CNC(=O)C1(c2ncc(-c3c(C)cccc3C)cn2)CC1. The summed E-state index contributed by atoms with van der Waals surface area (Å²) in [6, 6.07) is 6.22. The minimum absolute atomic E-state index is 0.0160. The average Bonchev–Trinajstić information content (AvgIpc) is 3.29. The number of nitrogens with one attached hydrogen (secondary N) is 1. The topological polar surface area (TPSA) is 54.9 Å². The van der Waals surface area contributed by atoms with Gasteiger partial charge in [-0.25, -0.2) is 9.97 Å². The molecule has 1 aromatic carbocycles. The summed E-state index contributed by atoms with van der Waals surface area (Å²) < 4.78 is 0. The van der Waals surface area contributed by atoms with Crippen LogP contribution in [0.4, 0.5) is 0 Å². The standard InChI is InChI=1S/C17H19N3O/c1-11-5-4-6-12(2)14(11)13-9-19-15(20-10-13)17(7-8-17)16(21)18-3/h4-6,9-10H,7-8H2,1-3H3,(H,18,21). The maximum absolute atomic E-state index is 12.0. The minimum Gasteiger partial charge on any atom is -0.358 e. The Morgan fingerprint density at radius 2 is 1.71 bits per heavy atom. The van der Waals surface area contributed by atoms with E-state index in [9.17, 15) is 4.79 Å². The van der Waals surface area contributed by atoms with Gasteiger partial charge in [0.25, 0.3) is 0 Å². The summed E-state index contributed by atoms with van der Waals surface area (Å²) in [5.74, 6) is 0.652. The number of carbonyl (C=O) groups is 1. The Labute approximate surface area is 124 Å². The predicted molar refractivity (Wildman–Crippen MR) is 81.9 cm³/mol. The van der Waals surface area contributed by atoms with Crippen molar-refractivity contribution in [2.24, 2.45) is 0 Å². The van der Waals surface area contributed by atoms with Crippen LogP contribution in [-0.2, 0) is 10.2 Å². The summed E-state index contributed by atoms with van der Waals surface area (Å²) in [6.07, 6.45) is 5.33. The zero-order chi connectivity index (χ0) is 15.0. The van der Waals surface area contributed by atoms with Gasteiger partial charge in [0.1, 0.15) is 11.2 Å². The number of carbonyl (C=O) groups excluding carboxylic acids is 1. The lowest BCUT2D eigenvalue weighted by Gasteiger charge is -2.13. The van der Waals surface area contributed by atoms with Crippen molar-refractivity contribution < 1.29 is 4.79 Å². The van der Waals surface area contributed by atoms with Gasteiger partial charge in [0.05, 0.1) is 0 Å². The Morgan fingerprint density at radius 1 is 1.14 bits per heavy atom. The largest absolute Gasteiger partial charge is 0.358 e. The molecule has 0 unspecified atom stereocenters. The van der Waals surface area contributed by atoms with Gasteiger partial charge in [-0.1, -0.05) is 18.2 Å². The van der Waals surface area contributed by atoms with Crippen molar-refractivity contribution in [1.29, 1.82) is 0 Å². The van der Waals surface area contributed by atoms with Crippen LogP contribution in [0.2, 0.25) is 0 Å². The molecule has 1 aromatic heterocycles. The number of hydrogen-bond acceptors (Lipinski definition) is 3. The molecule has 4 heteroatoms. The third-order valence-corrected chi connectivity index (χ3v) is 4.26. The van der Waals surface area contributed by atoms with Crippen LogP contribution in [0.15, 0.2) is 30.6 Å². The molecular formula is C17H19N3O. The molecule has 108 valence electrons. The maximum atomic E-state index is 12.0. The van der Waals surface area contributed by atoms with E-state index in [0.29, 0.717) is 5.82 Å². The molecule has 1 saturated carbocycles. The van der Waals surface area contributed by atoms with Crippen LogP contribution in [0.25, 0.3) is 11.1 Å². The van der Waals surface area contributed by atoms with E-state index in [1.807, 2.05) is 18.5 Å². The lowest BCUT2D eigenvalue weighted by molar-refractivity contribution is -0.123. The molecule has 21 heavy (non-hydrogen) atoms. The first kappa shape index (κ1) is 13.7. The molecule has 1 heterocycles. The molecule has 0 saturated heterocycles. The van der Waals surface area contributed by atoms with E-state index in [4.69, 9.17) is 0 Å². The van der Waals surface area contributed by atoms with Crippen LogP contribution in [0.5, 0.6) is 0 Å². The molecule has 0 bridgehead atoms. The fourth-order valence-corrected chi connectivity index (χ4v) is 2.89. The summed E-state index contributed by atoms with van der Waals surface area (Å²) in [7, 11) is 1.66. The number of nitrogens with zero attached hydrogens (tertiary/aromatic N) is 2. The summed E-state index contributed by atoms with van der Waals surface area (Å²) in [6.45, 7) is 4.17. The van der Waals surface area contributed by atoms with E-state index >= 15 is 0 Å². The summed E-state index contributed by atoms with van der Waals surface area (Å²) in [5.41, 5.74) is 4.10. The second-order valence-corrected chi connectivity index (χ2v) is 5.72. The van der Waals surface area contributed by atoms with Crippen molar-refractivity contribution in [3.63, 3.8) is 0 Å². The van der Waals surface area contributed by atoms with Crippen molar-refractivity contribution in [3.8, 4) is 11.1 Å². The van der Waals surface area contributed by atoms with E-state index in [2.05, 4.69) is 41.3 Å². The molecule has 2 aromatic rings. The van der Waals surface area contributed by atoms with Gasteiger partial charge in [-0.05, 0) is 43.4 Å². The van der Waals surface area contributed by atoms with Gasteiger partial charge in [-0.2, -0.15) is 0 Å². The first-order chi connectivity index (χ1) is 10.1. The highest BCUT2D eigenvalue weighted by Gasteiger charge is 2.53. The molecular weight excluding hydrogens is 262 g/mol. The van der Waals surface area contributed by atoms with Crippen LogP contribution in [0.3, 0.4) is 0 Å². The third kappa shape index (κ3) is 2.20. The minimum atomic E-state index is -0.492. The lowest BCUT2D eigenvalue weighted by Crippen LogP contribution is -2.33.